The Balaban J connectivity index is 0.00000512. The van der Waals surface area contributed by atoms with E-state index in [0.29, 0.717) is 31.3 Å². The zero-order chi connectivity index (χ0) is 22.5. The van der Waals surface area contributed by atoms with Crippen molar-refractivity contribution in [2.45, 2.75) is 13.0 Å². The Morgan fingerprint density at radius 3 is 2.47 bits per heavy atom. The number of hydrogen-bond donors (Lipinski definition) is 4. The van der Waals surface area contributed by atoms with Crippen LogP contribution < -0.4 is 26.4 Å². The lowest BCUT2D eigenvalue weighted by Crippen LogP contribution is -2.33. The molecule has 2 aromatic carbocycles. The van der Waals surface area contributed by atoms with Crippen molar-refractivity contribution in [3.8, 4) is 5.75 Å². The number of carbonyl (C=O) groups is 2. The predicted molar refractivity (Wildman–Crippen MR) is 136 cm³/mol. The quantitative estimate of drug-likeness (QED) is 0.146. The van der Waals surface area contributed by atoms with Crippen molar-refractivity contribution in [3.63, 3.8) is 0 Å². The van der Waals surface area contributed by atoms with Gasteiger partial charge < -0.3 is 31.2 Å². The lowest BCUT2D eigenvalue weighted by atomic mass is 10.1. The summed E-state index contributed by atoms with van der Waals surface area (Å²) in [5.41, 5.74) is 7.29. The van der Waals surface area contributed by atoms with Crippen LogP contribution in [0.15, 0.2) is 53.5 Å². The average molecular weight is 555 g/mol. The molecule has 0 atom stereocenters. The fourth-order valence-electron chi connectivity index (χ4n) is 2.60. The summed E-state index contributed by atoms with van der Waals surface area (Å²) in [5.74, 6) is 0.429. The number of guanidine groups is 1. The monoisotopic (exact) mass is 555 g/mol. The SMILES string of the molecule is CN=C(NCc1ccc(C(=O)NCC(N)=O)cc1)Nc1cccc(OCCCOC)c1.I. The Bertz CT molecular complexity index is 890. The zero-order valence-corrected chi connectivity index (χ0v) is 20.6. The summed E-state index contributed by atoms with van der Waals surface area (Å²) in [6.07, 6.45) is 0.822. The number of rotatable bonds is 11. The lowest BCUT2D eigenvalue weighted by Gasteiger charge is -2.13. The third-order valence-corrected chi connectivity index (χ3v) is 4.18. The highest BCUT2D eigenvalue weighted by molar-refractivity contribution is 14.0. The van der Waals surface area contributed by atoms with Gasteiger partial charge in [-0.3, -0.25) is 14.6 Å². The summed E-state index contributed by atoms with van der Waals surface area (Å²) in [6, 6.07) is 14.7. The molecule has 0 heterocycles. The second-order valence-electron chi connectivity index (χ2n) is 6.62. The molecule has 2 rings (SSSR count). The molecule has 0 radical (unpaired) electrons. The van der Waals surface area contributed by atoms with Gasteiger partial charge >= 0.3 is 0 Å². The molecule has 0 aliphatic heterocycles. The number of nitrogens with two attached hydrogens (primary N) is 1. The van der Waals surface area contributed by atoms with Gasteiger partial charge in [0.1, 0.15) is 5.75 Å². The summed E-state index contributed by atoms with van der Waals surface area (Å²) >= 11 is 0. The third-order valence-electron chi connectivity index (χ3n) is 4.18. The topological polar surface area (TPSA) is 127 Å². The van der Waals surface area contributed by atoms with E-state index >= 15 is 0 Å². The maximum Gasteiger partial charge on any atom is 0.251 e. The number of benzene rings is 2. The number of aliphatic imine (C=N–C) groups is 1. The average Bonchev–Trinajstić information content (AvgIpc) is 2.78. The van der Waals surface area contributed by atoms with Gasteiger partial charge in [-0.2, -0.15) is 0 Å². The zero-order valence-electron chi connectivity index (χ0n) is 18.2. The van der Waals surface area contributed by atoms with E-state index in [1.807, 2.05) is 36.4 Å². The molecule has 9 nitrogen and oxygen atoms in total. The van der Waals surface area contributed by atoms with Crippen molar-refractivity contribution in [2.24, 2.45) is 10.7 Å². The Labute approximate surface area is 205 Å². The molecule has 0 fully saturated rings. The van der Waals surface area contributed by atoms with E-state index in [4.69, 9.17) is 15.2 Å². The number of anilines is 1. The largest absolute Gasteiger partial charge is 0.493 e. The first-order valence-corrected chi connectivity index (χ1v) is 9.86. The highest BCUT2D eigenvalue weighted by atomic mass is 127. The number of primary amides is 1. The van der Waals surface area contributed by atoms with Crippen molar-refractivity contribution >= 4 is 47.4 Å². The lowest BCUT2D eigenvalue weighted by molar-refractivity contribution is -0.117. The second kappa shape index (κ2) is 15.0. The Morgan fingerprint density at radius 2 is 1.81 bits per heavy atom. The molecule has 0 saturated carbocycles. The third kappa shape index (κ3) is 9.96. The molecular weight excluding hydrogens is 525 g/mol. The van der Waals surface area contributed by atoms with Crippen LogP contribution in [0.5, 0.6) is 5.75 Å². The van der Waals surface area contributed by atoms with E-state index in [0.717, 1.165) is 23.4 Å². The number of amides is 2. The minimum atomic E-state index is -0.587. The molecule has 0 aliphatic carbocycles. The number of hydrogen-bond acceptors (Lipinski definition) is 5. The Kier molecular flexibility index (Phi) is 12.8. The number of methoxy groups -OCH3 is 1. The standard InChI is InChI=1S/C22H29N5O4.HI/c1-24-22(27-18-5-3-6-19(13-18)31-12-4-11-30-2)26-14-16-7-9-17(10-8-16)21(29)25-15-20(23)28;/h3,5-10,13H,4,11-12,14-15H2,1-2H3,(H2,23,28)(H,25,29)(H2,24,26,27);1H. The normalized spacial score (nSPS) is 10.6. The van der Waals surface area contributed by atoms with Crippen molar-refractivity contribution < 1.29 is 19.1 Å². The van der Waals surface area contributed by atoms with Crippen LogP contribution in [0.25, 0.3) is 0 Å². The van der Waals surface area contributed by atoms with Crippen LogP contribution in [0.4, 0.5) is 5.69 Å². The molecule has 0 saturated heterocycles. The van der Waals surface area contributed by atoms with E-state index in [1.54, 1.807) is 26.3 Å². The fraction of sp³-hybridized carbons (Fsp3) is 0.318. The molecule has 174 valence electrons. The predicted octanol–water partition coefficient (Wildman–Crippen LogP) is 2.12. The molecule has 0 unspecified atom stereocenters. The summed E-state index contributed by atoms with van der Waals surface area (Å²) in [5, 5.41) is 8.90. The first kappa shape index (κ1) is 27.2. The molecule has 2 aromatic rings. The van der Waals surface area contributed by atoms with Crippen LogP contribution in [0.1, 0.15) is 22.3 Å². The minimum Gasteiger partial charge on any atom is -0.493 e. The van der Waals surface area contributed by atoms with Gasteiger partial charge in [0.2, 0.25) is 5.91 Å². The van der Waals surface area contributed by atoms with Gasteiger partial charge in [0.25, 0.3) is 5.91 Å². The van der Waals surface area contributed by atoms with E-state index in [9.17, 15) is 9.59 Å². The van der Waals surface area contributed by atoms with Gasteiger partial charge in [0, 0.05) is 51.0 Å². The number of nitrogens with zero attached hydrogens (tertiary/aromatic N) is 1. The maximum atomic E-state index is 11.9. The van der Waals surface area contributed by atoms with Crippen molar-refractivity contribution in [2.75, 3.05) is 39.2 Å². The van der Waals surface area contributed by atoms with Crippen molar-refractivity contribution in [1.29, 1.82) is 0 Å². The number of nitrogens with one attached hydrogen (secondary N) is 3. The van der Waals surface area contributed by atoms with E-state index in [-0.39, 0.29) is 36.4 Å². The van der Waals surface area contributed by atoms with E-state index in [2.05, 4.69) is 20.9 Å². The summed E-state index contributed by atoms with van der Waals surface area (Å²) in [7, 11) is 3.35. The molecule has 0 bridgehead atoms. The van der Waals surface area contributed by atoms with E-state index in [1.165, 1.54) is 0 Å². The molecule has 2 amide bonds. The highest BCUT2D eigenvalue weighted by Crippen LogP contribution is 2.17. The molecule has 0 spiro atoms. The minimum absolute atomic E-state index is 0. The number of carbonyl (C=O) groups excluding carboxylic acids is 2. The summed E-state index contributed by atoms with van der Waals surface area (Å²) in [6.45, 7) is 1.56. The molecule has 10 heteroatoms. The van der Waals surface area contributed by atoms with Crippen LogP contribution in [-0.2, 0) is 16.1 Å². The summed E-state index contributed by atoms with van der Waals surface area (Å²) in [4.78, 5) is 26.9. The van der Waals surface area contributed by atoms with Crippen molar-refractivity contribution in [1.82, 2.24) is 10.6 Å². The Morgan fingerprint density at radius 1 is 1.06 bits per heavy atom. The van der Waals surface area contributed by atoms with Crippen LogP contribution in [-0.4, -0.2) is 51.7 Å². The van der Waals surface area contributed by atoms with Gasteiger partial charge in [0.15, 0.2) is 5.96 Å². The number of halogens is 1. The summed E-state index contributed by atoms with van der Waals surface area (Å²) < 4.78 is 10.7. The van der Waals surface area contributed by atoms with Crippen molar-refractivity contribution in [3.05, 3.63) is 59.7 Å². The molecule has 32 heavy (non-hydrogen) atoms. The van der Waals surface area contributed by atoms with Gasteiger partial charge in [-0.05, 0) is 29.8 Å². The molecule has 5 N–H and O–H groups in total. The maximum absolute atomic E-state index is 11.9. The van der Waals surface area contributed by atoms with Crippen LogP contribution in [0.2, 0.25) is 0 Å². The molecule has 0 aliphatic rings. The Hall–Kier alpha value is -2.86. The smallest absolute Gasteiger partial charge is 0.251 e. The highest BCUT2D eigenvalue weighted by Gasteiger charge is 2.07. The molecular formula is C22H30IN5O4. The van der Waals surface area contributed by atoms with Gasteiger partial charge in [0.05, 0.1) is 13.2 Å². The first-order chi connectivity index (χ1) is 15.0. The first-order valence-electron chi connectivity index (χ1n) is 9.86. The second-order valence-corrected chi connectivity index (χ2v) is 6.62. The fourth-order valence-corrected chi connectivity index (χ4v) is 2.60. The molecule has 0 aromatic heterocycles. The van der Waals surface area contributed by atoms with Gasteiger partial charge in [-0.15, -0.1) is 24.0 Å². The van der Waals surface area contributed by atoms with Crippen LogP contribution >= 0.6 is 24.0 Å². The van der Waals surface area contributed by atoms with Crippen LogP contribution in [0.3, 0.4) is 0 Å². The van der Waals surface area contributed by atoms with Gasteiger partial charge in [-0.25, -0.2) is 0 Å². The number of ether oxygens (including phenoxy) is 2. The van der Waals surface area contributed by atoms with Crippen LogP contribution in [0, 0.1) is 0 Å². The van der Waals surface area contributed by atoms with E-state index < -0.39 is 5.91 Å². The van der Waals surface area contributed by atoms with Gasteiger partial charge in [-0.1, -0.05) is 18.2 Å².